The van der Waals surface area contributed by atoms with Crippen LogP contribution in [0.25, 0.3) is 10.9 Å². The fourth-order valence-corrected chi connectivity index (χ4v) is 3.23. The van der Waals surface area contributed by atoms with Gasteiger partial charge in [0.1, 0.15) is 5.69 Å². The number of rotatable bonds is 3. The normalized spacial score (nSPS) is 17.6. The largest absolute Gasteiger partial charge is 0.388 e. The van der Waals surface area contributed by atoms with Crippen LogP contribution in [-0.4, -0.2) is 40.9 Å². The summed E-state index contributed by atoms with van der Waals surface area (Å²) in [6, 6.07) is 7.61. The van der Waals surface area contributed by atoms with Crippen LogP contribution in [0.3, 0.4) is 0 Å². The third-order valence-corrected chi connectivity index (χ3v) is 4.64. The Morgan fingerprint density at radius 3 is 2.77 bits per heavy atom. The molecule has 6 heteroatoms. The van der Waals surface area contributed by atoms with Crippen LogP contribution in [0.4, 0.5) is 0 Å². The van der Waals surface area contributed by atoms with Crippen LogP contribution in [0.1, 0.15) is 23.3 Å². The number of amides is 1. The highest BCUT2D eigenvalue weighted by molar-refractivity contribution is 6.38. The van der Waals surface area contributed by atoms with Gasteiger partial charge in [-0.1, -0.05) is 29.8 Å². The molecule has 0 atom stereocenters. The number of carbonyl (C=O) groups excluding carboxylic acids is 1. The van der Waals surface area contributed by atoms with Gasteiger partial charge in [-0.2, -0.15) is 0 Å². The highest BCUT2D eigenvalue weighted by Crippen LogP contribution is 2.29. The van der Waals surface area contributed by atoms with Crippen molar-refractivity contribution in [3.63, 3.8) is 0 Å². The zero-order valence-electron chi connectivity index (χ0n) is 12.4. The average Bonchev–Trinajstić information content (AvgIpc) is 2.78. The van der Waals surface area contributed by atoms with Crippen LogP contribution in [0, 0.1) is 0 Å². The minimum Gasteiger partial charge on any atom is -0.388 e. The monoisotopic (exact) mass is 322 g/mol. The summed E-state index contributed by atoms with van der Waals surface area (Å²) in [4.78, 5) is 12.5. The number of para-hydroxylation sites is 1. The van der Waals surface area contributed by atoms with E-state index in [0.717, 1.165) is 10.9 Å². The van der Waals surface area contributed by atoms with Crippen LogP contribution in [0.5, 0.6) is 0 Å². The Kier molecular flexibility index (Phi) is 4.12. The number of fused-ring (bicyclic) bond motifs is 1. The van der Waals surface area contributed by atoms with Gasteiger partial charge in [0.15, 0.2) is 0 Å². The summed E-state index contributed by atoms with van der Waals surface area (Å²) in [5, 5.41) is 14.5. The van der Waals surface area contributed by atoms with Gasteiger partial charge in [0.2, 0.25) is 0 Å². The zero-order valence-corrected chi connectivity index (χ0v) is 13.2. The number of aromatic nitrogens is 1. The molecule has 0 saturated carbocycles. The van der Waals surface area contributed by atoms with Crippen molar-refractivity contribution in [2.24, 2.45) is 7.05 Å². The van der Waals surface area contributed by atoms with Gasteiger partial charge < -0.3 is 19.7 Å². The first-order valence-corrected chi connectivity index (χ1v) is 7.71. The quantitative estimate of drug-likeness (QED) is 0.909. The Morgan fingerprint density at radius 2 is 2.09 bits per heavy atom. The van der Waals surface area contributed by atoms with Gasteiger partial charge in [0.05, 0.1) is 10.6 Å². The van der Waals surface area contributed by atoms with Gasteiger partial charge in [-0.15, -0.1) is 0 Å². The molecule has 0 aliphatic carbocycles. The molecular weight excluding hydrogens is 304 g/mol. The zero-order chi connectivity index (χ0) is 15.7. The maximum absolute atomic E-state index is 12.5. The summed E-state index contributed by atoms with van der Waals surface area (Å²) < 4.78 is 7.02. The van der Waals surface area contributed by atoms with Crippen LogP contribution in [0.15, 0.2) is 24.3 Å². The van der Waals surface area contributed by atoms with Crippen molar-refractivity contribution in [3.05, 3.63) is 35.0 Å². The molecule has 1 amide bonds. The second-order valence-corrected chi connectivity index (χ2v) is 6.14. The highest BCUT2D eigenvalue weighted by Gasteiger charge is 2.31. The van der Waals surface area contributed by atoms with E-state index in [1.54, 1.807) is 4.57 Å². The van der Waals surface area contributed by atoms with E-state index in [-0.39, 0.29) is 12.5 Å². The van der Waals surface area contributed by atoms with Gasteiger partial charge in [0, 0.05) is 50.6 Å². The predicted molar refractivity (Wildman–Crippen MR) is 85.3 cm³/mol. The minimum absolute atomic E-state index is 0.201. The van der Waals surface area contributed by atoms with Gasteiger partial charge in [-0.25, -0.2) is 0 Å². The molecule has 1 saturated heterocycles. The molecule has 0 radical (unpaired) electrons. The lowest BCUT2D eigenvalue weighted by molar-refractivity contribution is -0.0605. The van der Waals surface area contributed by atoms with E-state index in [9.17, 15) is 9.90 Å². The summed E-state index contributed by atoms with van der Waals surface area (Å²) in [5.41, 5.74) is 0.422. The van der Waals surface area contributed by atoms with E-state index in [0.29, 0.717) is 36.8 Å². The summed E-state index contributed by atoms with van der Waals surface area (Å²) in [6.07, 6.45) is 1.05. The van der Waals surface area contributed by atoms with Crippen LogP contribution in [-0.2, 0) is 11.8 Å². The number of halogens is 1. The number of hydrogen-bond acceptors (Lipinski definition) is 3. The van der Waals surface area contributed by atoms with E-state index in [1.807, 2.05) is 31.3 Å². The Labute approximate surface area is 133 Å². The van der Waals surface area contributed by atoms with Gasteiger partial charge in [0.25, 0.3) is 5.91 Å². The van der Waals surface area contributed by atoms with E-state index in [4.69, 9.17) is 16.3 Å². The molecule has 1 aromatic heterocycles. The molecule has 0 unspecified atom stereocenters. The van der Waals surface area contributed by atoms with E-state index >= 15 is 0 Å². The average molecular weight is 323 g/mol. The maximum Gasteiger partial charge on any atom is 0.269 e. The van der Waals surface area contributed by atoms with Crippen molar-refractivity contribution in [3.8, 4) is 0 Å². The number of carbonyl (C=O) groups is 1. The Morgan fingerprint density at radius 1 is 1.41 bits per heavy atom. The van der Waals surface area contributed by atoms with Crippen LogP contribution in [0.2, 0.25) is 5.02 Å². The first kappa shape index (κ1) is 15.3. The van der Waals surface area contributed by atoms with E-state index in [1.165, 1.54) is 0 Å². The molecular formula is C16H19ClN2O3. The van der Waals surface area contributed by atoms with Gasteiger partial charge in [-0.05, 0) is 6.07 Å². The second kappa shape index (κ2) is 5.91. The van der Waals surface area contributed by atoms with Crippen molar-refractivity contribution in [1.29, 1.82) is 0 Å². The molecule has 5 nitrogen and oxygen atoms in total. The number of nitrogens with zero attached hydrogens (tertiary/aromatic N) is 1. The molecule has 1 aliphatic heterocycles. The Bertz CT molecular complexity index is 666. The number of nitrogens with one attached hydrogen (secondary N) is 1. The molecule has 1 aromatic carbocycles. The summed E-state index contributed by atoms with van der Waals surface area (Å²) >= 11 is 6.35. The lowest BCUT2D eigenvalue weighted by Crippen LogP contribution is -2.46. The topological polar surface area (TPSA) is 63.5 Å². The molecule has 3 rings (SSSR count). The van der Waals surface area contributed by atoms with Crippen LogP contribution < -0.4 is 5.32 Å². The number of hydrogen-bond donors (Lipinski definition) is 2. The first-order chi connectivity index (χ1) is 10.5. The number of aliphatic hydroxyl groups is 1. The summed E-state index contributed by atoms with van der Waals surface area (Å²) in [7, 11) is 1.81. The molecule has 1 aliphatic rings. The first-order valence-electron chi connectivity index (χ1n) is 7.33. The third kappa shape index (κ3) is 2.72. The Balaban J connectivity index is 1.81. The molecule has 2 aromatic rings. The summed E-state index contributed by atoms with van der Waals surface area (Å²) in [6.45, 7) is 1.23. The van der Waals surface area contributed by atoms with Crippen molar-refractivity contribution in [2.75, 3.05) is 19.8 Å². The van der Waals surface area contributed by atoms with Crippen molar-refractivity contribution in [2.45, 2.75) is 18.4 Å². The minimum atomic E-state index is -0.898. The van der Waals surface area contributed by atoms with E-state index < -0.39 is 5.60 Å². The highest BCUT2D eigenvalue weighted by atomic mass is 35.5. The molecule has 118 valence electrons. The lowest BCUT2D eigenvalue weighted by atomic mass is 9.94. The molecule has 0 bridgehead atoms. The Hall–Kier alpha value is -1.56. The molecule has 0 spiro atoms. The fourth-order valence-electron chi connectivity index (χ4n) is 2.86. The molecule has 22 heavy (non-hydrogen) atoms. The standard InChI is InChI=1S/C16H19ClN2O3/c1-19-12-5-3-2-4-11(12)13(17)14(19)15(20)18-10-16(21)6-8-22-9-7-16/h2-5,21H,6-10H2,1H3,(H,18,20). The SMILES string of the molecule is Cn1c(C(=O)NCC2(O)CCOCC2)c(Cl)c2ccccc21. The molecule has 2 heterocycles. The molecule has 1 fully saturated rings. The van der Waals surface area contributed by atoms with Gasteiger partial charge >= 0.3 is 0 Å². The third-order valence-electron chi connectivity index (χ3n) is 4.26. The maximum atomic E-state index is 12.5. The van der Waals surface area contributed by atoms with Crippen molar-refractivity contribution in [1.82, 2.24) is 9.88 Å². The molecule has 2 N–H and O–H groups in total. The predicted octanol–water partition coefficient (Wildman–Crippen LogP) is 2.10. The number of aryl methyl sites for hydroxylation is 1. The summed E-state index contributed by atoms with van der Waals surface area (Å²) in [5.74, 6) is -0.274. The van der Waals surface area contributed by atoms with Crippen molar-refractivity contribution >= 4 is 28.4 Å². The van der Waals surface area contributed by atoms with Crippen LogP contribution >= 0.6 is 11.6 Å². The van der Waals surface area contributed by atoms with Crippen molar-refractivity contribution < 1.29 is 14.6 Å². The fraction of sp³-hybridized carbons (Fsp3) is 0.438. The van der Waals surface area contributed by atoms with Gasteiger partial charge in [-0.3, -0.25) is 4.79 Å². The number of ether oxygens (including phenoxy) is 1. The second-order valence-electron chi connectivity index (χ2n) is 5.76. The smallest absolute Gasteiger partial charge is 0.269 e. The van der Waals surface area contributed by atoms with E-state index in [2.05, 4.69) is 5.32 Å². The number of benzene rings is 1. The lowest BCUT2D eigenvalue weighted by Gasteiger charge is -2.32.